The van der Waals surface area contributed by atoms with Crippen molar-refractivity contribution in [1.82, 2.24) is 14.8 Å². The molecule has 1 N–H and O–H groups in total. The van der Waals surface area contributed by atoms with Gasteiger partial charge in [-0.2, -0.15) is 5.10 Å². The van der Waals surface area contributed by atoms with E-state index in [0.717, 1.165) is 54.3 Å². The second-order valence-electron chi connectivity index (χ2n) is 8.09. The van der Waals surface area contributed by atoms with Crippen molar-refractivity contribution in [2.45, 2.75) is 65.0 Å². The molecule has 4 rings (SSSR count). The maximum absolute atomic E-state index is 13.2. The average Bonchev–Trinajstić information content (AvgIpc) is 3.24. The first-order valence-corrected chi connectivity index (χ1v) is 11.0. The number of pyridine rings is 1. The van der Waals surface area contributed by atoms with Crippen LogP contribution in [-0.4, -0.2) is 32.7 Å². The smallest absolute Gasteiger partial charge is 0.339 e. The van der Waals surface area contributed by atoms with Crippen LogP contribution in [0.4, 0.5) is 5.82 Å². The van der Waals surface area contributed by atoms with E-state index in [4.69, 9.17) is 9.72 Å². The minimum atomic E-state index is -0.945. The summed E-state index contributed by atoms with van der Waals surface area (Å²) in [5, 5.41) is 7.88. The fourth-order valence-electron chi connectivity index (χ4n) is 4.04. The predicted octanol–water partition coefficient (Wildman–Crippen LogP) is 4.47. The summed E-state index contributed by atoms with van der Waals surface area (Å²) in [5.74, 6) is -0.269. The summed E-state index contributed by atoms with van der Waals surface area (Å²) in [7, 11) is 0. The van der Waals surface area contributed by atoms with Crippen molar-refractivity contribution in [1.29, 1.82) is 0 Å². The second-order valence-corrected chi connectivity index (χ2v) is 8.09. The van der Waals surface area contributed by atoms with Gasteiger partial charge < -0.3 is 10.1 Å². The van der Waals surface area contributed by atoms with E-state index in [1.807, 2.05) is 31.2 Å². The summed E-state index contributed by atoms with van der Waals surface area (Å²) < 4.78 is 7.40. The molecule has 0 radical (unpaired) electrons. The molecule has 1 aromatic carbocycles. The Kier molecular flexibility index (Phi) is 6.02. The van der Waals surface area contributed by atoms with Crippen LogP contribution in [0.2, 0.25) is 0 Å². The van der Waals surface area contributed by atoms with Crippen LogP contribution in [0.25, 0.3) is 10.9 Å². The van der Waals surface area contributed by atoms with Gasteiger partial charge in [0.05, 0.1) is 23.3 Å². The molecule has 0 aliphatic heterocycles. The van der Waals surface area contributed by atoms with Gasteiger partial charge in [-0.25, -0.2) is 9.48 Å². The van der Waals surface area contributed by atoms with Crippen molar-refractivity contribution in [3.8, 4) is 0 Å². The Bertz CT molecular complexity index is 1120. The Hall–Kier alpha value is -3.22. The molecule has 7 heteroatoms. The molecule has 3 aromatic rings. The van der Waals surface area contributed by atoms with Crippen molar-refractivity contribution in [2.75, 3.05) is 5.32 Å². The van der Waals surface area contributed by atoms with Crippen LogP contribution in [0.15, 0.2) is 36.5 Å². The van der Waals surface area contributed by atoms with Gasteiger partial charge in [0.25, 0.3) is 5.91 Å². The van der Waals surface area contributed by atoms with E-state index in [1.54, 1.807) is 23.9 Å². The maximum atomic E-state index is 13.2. The van der Waals surface area contributed by atoms with Crippen LogP contribution in [0.1, 0.15) is 67.7 Å². The monoisotopic (exact) mass is 420 g/mol. The highest BCUT2D eigenvalue weighted by Gasteiger charge is 2.27. The molecule has 162 valence electrons. The lowest BCUT2D eigenvalue weighted by molar-refractivity contribution is -0.123. The third-order valence-electron chi connectivity index (χ3n) is 5.96. The molecule has 0 fully saturated rings. The molecule has 0 unspecified atom stereocenters. The Morgan fingerprint density at radius 1 is 1.16 bits per heavy atom. The highest BCUT2D eigenvalue weighted by Crippen LogP contribution is 2.30. The number of ether oxygens (including phenoxy) is 1. The quantitative estimate of drug-likeness (QED) is 0.595. The number of rotatable bonds is 6. The standard InChI is InChI=1S/C24H28N4O3/c1-4-15(2)28-21(13-14-25-28)27-23(29)16(3)31-24(30)22-17-9-5-7-11-19(17)26-20-12-8-6-10-18(20)22/h5,7,9,11,13-16H,4,6,8,10,12H2,1-3H3,(H,27,29)/t15-,16-/m0/s1. The zero-order chi connectivity index (χ0) is 22.0. The highest BCUT2D eigenvalue weighted by molar-refractivity contribution is 6.06. The lowest BCUT2D eigenvalue weighted by atomic mass is 9.90. The van der Waals surface area contributed by atoms with Gasteiger partial charge in [-0.15, -0.1) is 0 Å². The number of nitrogens with zero attached hydrogens (tertiary/aromatic N) is 3. The van der Waals surface area contributed by atoms with E-state index in [-0.39, 0.29) is 11.9 Å². The number of aryl methyl sites for hydroxylation is 1. The Morgan fingerprint density at radius 2 is 1.94 bits per heavy atom. The normalized spacial score (nSPS) is 15.2. The van der Waals surface area contributed by atoms with E-state index in [1.165, 1.54) is 0 Å². The number of para-hydroxylation sites is 1. The first kappa shape index (κ1) is 21.0. The summed E-state index contributed by atoms with van der Waals surface area (Å²) in [6.45, 7) is 5.68. The summed E-state index contributed by atoms with van der Waals surface area (Å²) in [5.41, 5.74) is 3.25. The Labute approximate surface area is 181 Å². The van der Waals surface area contributed by atoms with Gasteiger partial charge in [-0.3, -0.25) is 9.78 Å². The number of esters is 1. The minimum Gasteiger partial charge on any atom is -0.449 e. The van der Waals surface area contributed by atoms with Crippen molar-refractivity contribution in [2.24, 2.45) is 0 Å². The number of aromatic nitrogens is 3. The number of carbonyl (C=O) groups is 2. The topological polar surface area (TPSA) is 86.1 Å². The molecular formula is C24H28N4O3. The summed E-state index contributed by atoms with van der Waals surface area (Å²) in [6.07, 6.45) is 5.32. The molecule has 7 nitrogen and oxygen atoms in total. The predicted molar refractivity (Wildman–Crippen MR) is 119 cm³/mol. The lowest BCUT2D eigenvalue weighted by Crippen LogP contribution is -2.31. The van der Waals surface area contributed by atoms with Crippen LogP contribution in [-0.2, 0) is 22.4 Å². The van der Waals surface area contributed by atoms with Crippen molar-refractivity contribution in [3.63, 3.8) is 0 Å². The van der Waals surface area contributed by atoms with Crippen LogP contribution in [0.3, 0.4) is 0 Å². The van der Waals surface area contributed by atoms with Crippen molar-refractivity contribution < 1.29 is 14.3 Å². The van der Waals surface area contributed by atoms with E-state index < -0.39 is 12.1 Å². The van der Waals surface area contributed by atoms with Gasteiger partial charge in [0, 0.05) is 17.1 Å². The largest absolute Gasteiger partial charge is 0.449 e. The third kappa shape index (κ3) is 4.17. The molecule has 0 saturated carbocycles. The zero-order valence-electron chi connectivity index (χ0n) is 18.2. The van der Waals surface area contributed by atoms with Crippen LogP contribution in [0, 0.1) is 0 Å². The number of amides is 1. The fraction of sp³-hybridized carbons (Fsp3) is 0.417. The van der Waals surface area contributed by atoms with E-state index in [0.29, 0.717) is 11.4 Å². The highest BCUT2D eigenvalue weighted by atomic mass is 16.5. The summed E-state index contributed by atoms with van der Waals surface area (Å²) in [4.78, 5) is 30.7. The maximum Gasteiger partial charge on any atom is 0.339 e. The molecule has 0 saturated heterocycles. The van der Waals surface area contributed by atoms with Gasteiger partial charge in [0.2, 0.25) is 0 Å². The molecule has 2 heterocycles. The number of benzene rings is 1. The van der Waals surface area contributed by atoms with Crippen molar-refractivity contribution >= 4 is 28.6 Å². The second kappa shape index (κ2) is 8.88. The first-order valence-electron chi connectivity index (χ1n) is 11.0. The molecule has 2 atom stereocenters. The molecule has 0 spiro atoms. The van der Waals surface area contributed by atoms with Gasteiger partial charge >= 0.3 is 5.97 Å². The molecular weight excluding hydrogens is 392 g/mol. The van der Waals surface area contributed by atoms with E-state index >= 15 is 0 Å². The lowest BCUT2D eigenvalue weighted by Gasteiger charge is -2.21. The van der Waals surface area contributed by atoms with Gasteiger partial charge in [-0.05, 0) is 57.6 Å². The third-order valence-corrected chi connectivity index (χ3v) is 5.96. The number of fused-ring (bicyclic) bond motifs is 2. The molecule has 0 bridgehead atoms. The molecule has 1 aliphatic carbocycles. The van der Waals surface area contributed by atoms with Crippen LogP contribution in [0.5, 0.6) is 0 Å². The number of anilines is 1. The molecule has 1 amide bonds. The van der Waals surface area contributed by atoms with Crippen LogP contribution >= 0.6 is 0 Å². The molecule has 31 heavy (non-hydrogen) atoms. The van der Waals surface area contributed by atoms with E-state index in [2.05, 4.69) is 17.3 Å². The Morgan fingerprint density at radius 3 is 2.74 bits per heavy atom. The van der Waals surface area contributed by atoms with E-state index in [9.17, 15) is 9.59 Å². The minimum absolute atomic E-state index is 0.151. The van der Waals surface area contributed by atoms with Gasteiger partial charge in [0.15, 0.2) is 6.10 Å². The zero-order valence-corrected chi connectivity index (χ0v) is 18.2. The summed E-state index contributed by atoms with van der Waals surface area (Å²) in [6, 6.07) is 9.50. The number of hydrogen-bond acceptors (Lipinski definition) is 5. The SMILES string of the molecule is CC[C@H](C)n1nccc1NC(=O)[C@H](C)OC(=O)c1c2c(nc3ccccc13)CCCC2. The van der Waals surface area contributed by atoms with Gasteiger partial charge in [0.1, 0.15) is 5.82 Å². The number of nitrogens with one attached hydrogen (secondary N) is 1. The number of hydrogen-bond donors (Lipinski definition) is 1. The molecule has 1 aliphatic rings. The average molecular weight is 421 g/mol. The summed E-state index contributed by atoms with van der Waals surface area (Å²) >= 11 is 0. The fourth-order valence-corrected chi connectivity index (χ4v) is 4.04. The number of carbonyl (C=O) groups excluding carboxylic acids is 2. The van der Waals surface area contributed by atoms with Crippen LogP contribution < -0.4 is 5.32 Å². The molecule has 2 aromatic heterocycles. The first-order chi connectivity index (χ1) is 15.0. The Balaban J connectivity index is 1.57. The van der Waals surface area contributed by atoms with Crippen molar-refractivity contribution in [3.05, 3.63) is 53.3 Å². The van der Waals surface area contributed by atoms with Gasteiger partial charge in [-0.1, -0.05) is 25.1 Å².